The lowest BCUT2D eigenvalue weighted by molar-refractivity contribution is -0.0204. The van der Waals surface area contributed by atoms with Gasteiger partial charge in [0.2, 0.25) is 0 Å². The topological polar surface area (TPSA) is 58.3 Å². The van der Waals surface area contributed by atoms with Crippen molar-refractivity contribution in [1.82, 2.24) is 9.80 Å². The number of ether oxygens (including phenoxy) is 2. The number of fused-ring (bicyclic) bond motifs is 1. The summed E-state index contributed by atoms with van der Waals surface area (Å²) < 4.78 is 16.9. The minimum Gasteiger partial charge on any atom is -0.492 e. The van der Waals surface area contributed by atoms with Gasteiger partial charge in [0.25, 0.3) is 0 Å². The molecule has 2 aliphatic rings. The molecule has 3 heterocycles. The Kier molecular flexibility index (Phi) is 5.73. The van der Waals surface area contributed by atoms with Gasteiger partial charge >= 0.3 is 0 Å². The molecule has 1 saturated heterocycles. The molecule has 6 nitrogen and oxygen atoms in total. The third-order valence-corrected chi connectivity index (χ3v) is 5.85. The maximum atomic E-state index is 11.2. The Morgan fingerprint density at radius 3 is 2.68 bits per heavy atom. The number of nitrogens with zero attached hydrogens (tertiary/aromatic N) is 2. The van der Waals surface area contributed by atoms with E-state index in [0.717, 1.165) is 74.0 Å². The maximum Gasteiger partial charge on any atom is 0.129 e. The molecule has 0 aliphatic carbocycles. The Morgan fingerprint density at radius 1 is 1.11 bits per heavy atom. The second-order valence-electron chi connectivity index (χ2n) is 8.02. The van der Waals surface area contributed by atoms with Gasteiger partial charge in [0.05, 0.1) is 12.1 Å². The van der Waals surface area contributed by atoms with Crippen molar-refractivity contribution in [3.05, 3.63) is 53.0 Å². The van der Waals surface area contributed by atoms with Gasteiger partial charge in [0, 0.05) is 38.9 Å². The van der Waals surface area contributed by atoms with Crippen molar-refractivity contribution in [3.63, 3.8) is 0 Å². The van der Waals surface area contributed by atoms with Crippen LogP contribution in [0.25, 0.3) is 0 Å². The standard InChI is InChI=1S/C22H30N2O4/c1-23-9-7-22(25,8-10-23)18-3-6-21-17(13-18)14-24(11-12-27-21)15-19-4-5-20(28-19)16-26-2/h3-6,13,25H,7-12,14-16H2,1-2H3. The molecule has 1 fully saturated rings. The summed E-state index contributed by atoms with van der Waals surface area (Å²) in [4.78, 5) is 4.59. The van der Waals surface area contributed by atoms with Gasteiger partial charge < -0.3 is 23.9 Å². The van der Waals surface area contributed by atoms with Crippen LogP contribution in [-0.2, 0) is 30.0 Å². The Morgan fingerprint density at radius 2 is 1.89 bits per heavy atom. The van der Waals surface area contributed by atoms with Gasteiger partial charge in [-0.2, -0.15) is 0 Å². The van der Waals surface area contributed by atoms with Crippen molar-refractivity contribution >= 4 is 0 Å². The van der Waals surface area contributed by atoms with Crippen LogP contribution in [0.5, 0.6) is 5.75 Å². The predicted molar refractivity (Wildman–Crippen MR) is 106 cm³/mol. The fourth-order valence-electron chi connectivity index (χ4n) is 4.10. The molecular weight excluding hydrogens is 356 g/mol. The summed E-state index contributed by atoms with van der Waals surface area (Å²) in [5.74, 6) is 2.69. The first-order valence-electron chi connectivity index (χ1n) is 10.0. The van der Waals surface area contributed by atoms with Gasteiger partial charge in [-0.25, -0.2) is 0 Å². The zero-order valence-electron chi connectivity index (χ0n) is 16.8. The van der Waals surface area contributed by atoms with Crippen LogP contribution < -0.4 is 4.74 Å². The molecule has 0 amide bonds. The molecule has 0 spiro atoms. The number of piperidine rings is 1. The van der Waals surface area contributed by atoms with Gasteiger partial charge in [-0.05, 0) is 49.7 Å². The quantitative estimate of drug-likeness (QED) is 0.853. The molecule has 2 aliphatic heterocycles. The van der Waals surface area contributed by atoms with E-state index in [0.29, 0.717) is 13.2 Å². The van der Waals surface area contributed by atoms with E-state index in [9.17, 15) is 5.11 Å². The number of aliphatic hydroxyl groups is 1. The van der Waals surface area contributed by atoms with Crippen LogP contribution in [0.2, 0.25) is 0 Å². The summed E-state index contributed by atoms with van der Waals surface area (Å²) >= 11 is 0. The number of hydrogen-bond acceptors (Lipinski definition) is 6. The minimum absolute atomic E-state index is 0.489. The van der Waals surface area contributed by atoms with Gasteiger partial charge in [0.15, 0.2) is 0 Å². The Hall–Kier alpha value is -1.86. The SMILES string of the molecule is COCc1ccc(CN2CCOc3ccc(C4(O)CCN(C)CC4)cc3C2)o1. The summed E-state index contributed by atoms with van der Waals surface area (Å²) in [5, 5.41) is 11.2. The molecule has 1 aromatic carbocycles. The van der Waals surface area contributed by atoms with E-state index in [1.807, 2.05) is 24.3 Å². The van der Waals surface area contributed by atoms with Crippen LogP contribution in [0, 0.1) is 0 Å². The minimum atomic E-state index is -0.741. The number of rotatable bonds is 5. The van der Waals surface area contributed by atoms with Crippen molar-refractivity contribution in [2.24, 2.45) is 0 Å². The molecule has 2 aromatic rings. The Labute approximate surface area is 166 Å². The monoisotopic (exact) mass is 386 g/mol. The second kappa shape index (κ2) is 8.25. The summed E-state index contributed by atoms with van der Waals surface area (Å²) in [6.07, 6.45) is 1.53. The lowest BCUT2D eigenvalue weighted by Gasteiger charge is -2.37. The van der Waals surface area contributed by atoms with Crippen molar-refractivity contribution in [1.29, 1.82) is 0 Å². The normalized spacial score (nSPS) is 20.4. The number of benzene rings is 1. The van der Waals surface area contributed by atoms with E-state index in [-0.39, 0.29) is 0 Å². The van der Waals surface area contributed by atoms with Crippen molar-refractivity contribution in [2.45, 2.75) is 38.1 Å². The molecule has 0 saturated carbocycles. The number of likely N-dealkylation sites (tertiary alicyclic amines) is 1. The molecule has 6 heteroatoms. The van der Waals surface area contributed by atoms with Crippen LogP contribution in [0.4, 0.5) is 0 Å². The van der Waals surface area contributed by atoms with Gasteiger partial charge in [0.1, 0.15) is 30.5 Å². The zero-order chi connectivity index (χ0) is 19.6. The summed E-state index contributed by atoms with van der Waals surface area (Å²) in [6, 6.07) is 10.2. The maximum absolute atomic E-state index is 11.2. The molecule has 4 rings (SSSR count). The number of hydrogen-bond donors (Lipinski definition) is 1. The Bertz CT molecular complexity index is 796. The molecule has 1 N–H and O–H groups in total. The van der Waals surface area contributed by atoms with Crippen molar-refractivity contribution in [2.75, 3.05) is 40.4 Å². The van der Waals surface area contributed by atoms with E-state index in [1.165, 1.54) is 0 Å². The lowest BCUT2D eigenvalue weighted by atomic mass is 9.84. The molecule has 1 aromatic heterocycles. The van der Waals surface area contributed by atoms with E-state index in [1.54, 1.807) is 7.11 Å². The summed E-state index contributed by atoms with van der Waals surface area (Å²) in [6.45, 7) is 5.30. The number of furan rings is 1. The van der Waals surface area contributed by atoms with Gasteiger partial charge in [-0.15, -0.1) is 0 Å². The average Bonchev–Trinajstić information content (AvgIpc) is 3.02. The largest absolute Gasteiger partial charge is 0.492 e. The fourth-order valence-corrected chi connectivity index (χ4v) is 4.10. The average molecular weight is 386 g/mol. The van der Waals surface area contributed by atoms with Crippen LogP contribution in [0.3, 0.4) is 0 Å². The molecule has 0 radical (unpaired) electrons. The second-order valence-corrected chi connectivity index (χ2v) is 8.02. The predicted octanol–water partition coefficient (Wildman–Crippen LogP) is 2.73. The summed E-state index contributed by atoms with van der Waals surface area (Å²) in [7, 11) is 3.77. The molecule has 28 heavy (non-hydrogen) atoms. The third kappa shape index (κ3) is 4.25. The molecular formula is C22H30N2O4. The van der Waals surface area contributed by atoms with Crippen LogP contribution in [0.1, 0.15) is 35.5 Å². The van der Waals surface area contributed by atoms with Crippen LogP contribution >= 0.6 is 0 Å². The van der Waals surface area contributed by atoms with Crippen molar-refractivity contribution < 1.29 is 19.0 Å². The third-order valence-electron chi connectivity index (χ3n) is 5.85. The van der Waals surface area contributed by atoms with E-state index < -0.39 is 5.60 Å². The molecule has 152 valence electrons. The molecule has 0 unspecified atom stereocenters. The van der Waals surface area contributed by atoms with Crippen LogP contribution in [0.15, 0.2) is 34.7 Å². The zero-order valence-corrected chi connectivity index (χ0v) is 16.8. The highest BCUT2D eigenvalue weighted by Gasteiger charge is 2.33. The first-order chi connectivity index (χ1) is 13.6. The smallest absolute Gasteiger partial charge is 0.129 e. The Balaban J connectivity index is 1.50. The van der Waals surface area contributed by atoms with Crippen molar-refractivity contribution in [3.8, 4) is 5.75 Å². The van der Waals surface area contributed by atoms with E-state index >= 15 is 0 Å². The van der Waals surface area contributed by atoms with Crippen LogP contribution in [-0.4, -0.2) is 55.3 Å². The molecule has 0 bridgehead atoms. The first-order valence-corrected chi connectivity index (χ1v) is 10.0. The highest BCUT2D eigenvalue weighted by molar-refractivity contribution is 5.40. The first kappa shape index (κ1) is 19.5. The highest BCUT2D eigenvalue weighted by atomic mass is 16.5. The van der Waals surface area contributed by atoms with E-state index in [4.69, 9.17) is 13.9 Å². The molecule has 0 atom stereocenters. The van der Waals surface area contributed by atoms with E-state index in [2.05, 4.69) is 22.9 Å². The summed E-state index contributed by atoms with van der Waals surface area (Å²) in [5.41, 5.74) is 1.39. The fraction of sp³-hybridized carbons (Fsp3) is 0.545. The number of methoxy groups -OCH3 is 1. The van der Waals surface area contributed by atoms with Gasteiger partial charge in [-0.3, -0.25) is 4.90 Å². The van der Waals surface area contributed by atoms with Gasteiger partial charge in [-0.1, -0.05) is 6.07 Å². The highest BCUT2D eigenvalue weighted by Crippen LogP contribution is 2.35. The lowest BCUT2D eigenvalue weighted by Crippen LogP contribution is -2.40.